The highest BCUT2D eigenvalue weighted by Crippen LogP contribution is 2.20. The highest BCUT2D eigenvalue weighted by atomic mass is 32.2. The summed E-state index contributed by atoms with van der Waals surface area (Å²) in [6.07, 6.45) is 1.83. The third kappa shape index (κ3) is 4.98. The van der Waals surface area contributed by atoms with Crippen LogP contribution in [0.15, 0.2) is 17.0 Å². The van der Waals surface area contributed by atoms with E-state index in [0.29, 0.717) is 25.0 Å². The van der Waals surface area contributed by atoms with E-state index < -0.39 is 32.4 Å². The van der Waals surface area contributed by atoms with Gasteiger partial charge in [-0.25, -0.2) is 26.3 Å². The fraction of sp³-hybridized carbons (Fsp3) is 0.538. The second kappa shape index (κ2) is 7.77. The zero-order valence-electron chi connectivity index (χ0n) is 11.6. The molecule has 1 rings (SSSR count). The van der Waals surface area contributed by atoms with E-state index in [1.54, 1.807) is 0 Å². The van der Waals surface area contributed by atoms with Gasteiger partial charge in [-0.1, -0.05) is 13.3 Å². The van der Waals surface area contributed by atoms with Gasteiger partial charge in [0.05, 0.1) is 0 Å². The molecule has 2 N–H and O–H groups in total. The summed E-state index contributed by atoms with van der Waals surface area (Å²) in [5.74, 6) is -4.28. The standard InChI is InChI=1S/C13H18F3NO3S/c1-2-3-9(4-5-18)8-17-21(19,20)13-11(15)6-10(14)7-12(13)16/h6-7,9,17-18H,2-5,8H2,1H3. The van der Waals surface area contributed by atoms with Gasteiger partial charge in [0, 0.05) is 25.3 Å². The largest absolute Gasteiger partial charge is 0.396 e. The third-order valence-electron chi connectivity index (χ3n) is 3.03. The lowest BCUT2D eigenvalue weighted by Gasteiger charge is -2.16. The molecule has 1 atom stereocenters. The SMILES string of the molecule is CCCC(CCO)CNS(=O)(=O)c1c(F)cc(F)cc1F. The Morgan fingerprint density at radius 2 is 1.76 bits per heavy atom. The van der Waals surface area contributed by atoms with Crippen LogP contribution in [-0.2, 0) is 10.0 Å². The normalized spacial score (nSPS) is 13.4. The molecular formula is C13H18F3NO3S. The van der Waals surface area contributed by atoms with E-state index >= 15 is 0 Å². The number of aliphatic hydroxyl groups is 1. The van der Waals surface area contributed by atoms with Crippen molar-refractivity contribution >= 4 is 10.0 Å². The molecule has 0 saturated carbocycles. The van der Waals surface area contributed by atoms with Gasteiger partial charge in [-0.3, -0.25) is 0 Å². The second-order valence-electron chi connectivity index (χ2n) is 4.72. The van der Waals surface area contributed by atoms with Gasteiger partial charge in [0.15, 0.2) is 4.90 Å². The van der Waals surface area contributed by atoms with E-state index in [1.165, 1.54) is 0 Å². The van der Waals surface area contributed by atoms with Crippen molar-refractivity contribution in [3.63, 3.8) is 0 Å². The molecule has 0 saturated heterocycles. The molecule has 0 spiro atoms. The van der Waals surface area contributed by atoms with Gasteiger partial charge in [0.25, 0.3) is 0 Å². The van der Waals surface area contributed by atoms with E-state index in [9.17, 15) is 21.6 Å². The summed E-state index contributed by atoms with van der Waals surface area (Å²) in [4.78, 5) is -1.19. The molecule has 0 aliphatic rings. The number of sulfonamides is 1. The van der Waals surface area contributed by atoms with E-state index in [0.717, 1.165) is 6.42 Å². The molecule has 1 aromatic carbocycles. The first kappa shape index (κ1) is 17.9. The average molecular weight is 325 g/mol. The van der Waals surface area contributed by atoms with Crippen molar-refractivity contribution in [1.82, 2.24) is 4.72 Å². The quantitative estimate of drug-likeness (QED) is 0.770. The van der Waals surface area contributed by atoms with E-state index in [4.69, 9.17) is 5.11 Å². The Balaban J connectivity index is 2.92. The van der Waals surface area contributed by atoms with Crippen molar-refractivity contribution in [1.29, 1.82) is 0 Å². The number of hydrogen-bond donors (Lipinski definition) is 2. The minimum absolute atomic E-state index is 0.0486. The van der Waals surface area contributed by atoms with E-state index in [1.807, 2.05) is 6.92 Å². The van der Waals surface area contributed by atoms with Crippen LogP contribution in [-0.4, -0.2) is 26.7 Å². The molecule has 0 aliphatic carbocycles. The lowest BCUT2D eigenvalue weighted by Crippen LogP contribution is -2.31. The Morgan fingerprint density at radius 1 is 1.19 bits per heavy atom. The van der Waals surface area contributed by atoms with Gasteiger partial charge < -0.3 is 5.11 Å². The molecule has 0 fully saturated rings. The molecule has 0 heterocycles. The number of halogens is 3. The summed E-state index contributed by atoms with van der Waals surface area (Å²) >= 11 is 0. The molecule has 1 unspecified atom stereocenters. The Bertz CT molecular complexity index is 549. The van der Waals surface area contributed by atoms with Crippen LogP contribution in [0, 0.1) is 23.4 Å². The molecule has 0 radical (unpaired) electrons. The van der Waals surface area contributed by atoms with Gasteiger partial charge >= 0.3 is 0 Å². The molecule has 0 amide bonds. The van der Waals surface area contributed by atoms with Crippen molar-refractivity contribution in [2.24, 2.45) is 5.92 Å². The molecule has 0 aromatic heterocycles. The van der Waals surface area contributed by atoms with Gasteiger partial charge in [-0.15, -0.1) is 0 Å². The summed E-state index contributed by atoms with van der Waals surface area (Å²) in [7, 11) is -4.42. The number of aliphatic hydroxyl groups excluding tert-OH is 1. The predicted octanol–water partition coefficient (Wildman–Crippen LogP) is 2.18. The first-order valence-corrected chi connectivity index (χ1v) is 8.05. The maximum Gasteiger partial charge on any atom is 0.246 e. The lowest BCUT2D eigenvalue weighted by atomic mass is 10.0. The maximum absolute atomic E-state index is 13.5. The van der Waals surface area contributed by atoms with Crippen LogP contribution in [0.5, 0.6) is 0 Å². The van der Waals surface area contributed by atoms with Crippen LogP contribution in [0.25, 0.3) is 0 Å². The van der Waals surface area contributed by atoms with Gasteiger partial charge in [-0.2, -0.15) is 0 Å². The van der Waals surface area contributed by atoms with Crippen molar-refractivity contribution in [3.8, 4) is 0 Å². The Hall–Kier alpha value is -1.12. The topological polar surface area (TPSA) is 66.4 Å². The van der Waals surface area contributed by atoms with E-state index in [2.05, 4.69) is 4.72 Å². The summed E-state index contributed by atoms with van der Waals surface area (Å²) < 4.78 is 65.7. The molecule has 120 valence electrons. The smallest absolute Gasteiger partial charge is 0.246 e. The van der Waals surface area contributed by atoms with Gasteiger partial charge in [-0.05, 0) is 18.8 Å². The van der Waals surface area contributed by atoms with Crippen LogP contribution >= 0.6 is 0 Å². The first-order valence-electron chi connectivity index (χ1n) is 6.56. The second-order valence-corrected chi connectivity index (χ2v) is 6.42. The van der Waals surface area contributed by atoms with Crippen molar-refractivity contribution in [3.05, 3.63) is 29.6 Å². The highest BCUT2D eigenvalue weighted by Gasteiger charge is 2.25. The summed E-state index contributed by atoms with van der Waals surface area (Å²) in [5, 5.41) is 8.89. The number of hydrogen-bond acceptors (Lipinski definition) is 3. The summed E-state index contributed by atoms with van der Waals surface area (Å²) in [6, 6.07) is 0.629. The molecule has 0 bridgehead atoms. The third-order valence-corrected chi connectivity index (χ3v) is 4.50. The fourth-order valence-corrected chi connectivity index (χ4v) is 3.26. The molecule has 4 nitrogen and oxygen atoms in total. The lowest BCUT2D eigenvalue weighted by molar-refractivity contribution is 0.251. The number of nitrogens with one attached hydrogen (secondary N) is 1. The number of rotatable bonds is 8. The predicted molar refractivity (Wildman–Crippen MR) is 71.6 cm³/mol. The van der Waals surface area contributed by atoms with Crippen LogP contribution in [0.2, 0.25) is 0 Å². The molecular weight excluding hydrogens is 307 g/mol. The molecule has 1 aromatic rings. The Labute approximate surface area is 122 Å². The van der Waals surface area contributed by atoms with Gasteiger partial charge in [0.2, 0.25) is 10.0 Å². The monoisotopic (exact) mass is 325 g/mol. The van der Waals surface area contributed by atoms with Crippen molar-refractivity contribution < 1.29 is 26.7 Å². The molecule has 21 heavy (non-hydrogen) atoms. The van der Waals surface area contributed by atoms with Gasteiger partial charge in [0.1, 0.15) is 17.5 Å². The highest BCUT2D eigenvalue weighted by molar-refractivity contribution is 7.89. The summed E-state index contributed by atoms with van der Waals surface area (Å²) in [5.41, 5.74) is 0. The summed E-state index contributed by atoms with van der Waals surface area (Å²) in [6.45, 7) is 1.75. The zero-order valence-corrected chi connectivity index (χ0v) is 12.4. The van der Waals surface area contributed by atoms with E-state index in [-0.39, 0.29) is 19.1 Å². The maximum atomic E-state index is 13.5. The fourth-order valence-electron chi connectivity index (χ4n) is 2.02. The van der Waals surface area contributed by atoms with Crippen molar-refractivity contribution in [2.75, 3.05) is 13.2 Å². The Kier molecular flexibility index (Phi) is 6.63. The first-order chi connectivity index (χ1) is 9.81. The zero-order chi connectivity index (χ0) is 16.0. The van der Waals surface area contributed by atoms with Crippen molar-refractivity contribution in [2.45, 2.75) is 31.1 Å². The number of benzene rings is 1. The minimum Gasteiger partial charge on any atom is -0.396 e. The van der Waals surface area contributed by atoms with Crippen LogP contribution in [0.4, 0.5) is 13.2 Å². The minimum atomic E-state index is -4.42. The molecule has 8 heteroatoms. The van der Waals surface area contributed by atoms with Crippen LogP contribution < -0.4 is 4.72 Å². The van der Waals surface area contributed by atoms with Crippen LogP contribution in [0.1, 0.15) is 26.2 Å². The Morgan fingerprint density at radius 3 is 2.24 bits per heavy atom. The average Bonchev–Trinajstić information content (AvgIpc) is 2.35. The molecule has 0 aliphatic heterocycles. The van der Waals surface area contributed by atoms with Crippen LogP contribution in [0.3, 0.4) is 0 Å².